The van der Waals surface area contributed by atoms with Gasteiger partial charge in [0, 0.05) is 23.7 Å². The number of likely N-dealkylation sites (tertiary alicyclic amines) is 1. The molecule has 194 valence electrons. The first-order chi connectivity index (χ1) is 17.9. The van der Waals surface area contributed by atoms with E-state index < -0.39 is 11.8 Å². The van der Waals surface area contributed by atoms with Crippen LogP contribution < -0.4 is 14.9 Å². The predicted octanol–water partition coefficient (Wildman–Crippen LogP) is 4.68. The Balaban J connectivity index is 1.44. The van der Waals surface area contributed by atoms with Gasteiger partial charge >= 0.3 is 0 Å². The number of hydrazine groups is 1. The van der Waals surface area contributed by atoms with Crippen LogP contribution in [0.15, 0.2) is 47.4 Å². The second-order valence-electron chi connectivity index (χ2n) is 8.34. The van der Waals surface area contributed by atoms with Crippen molar-refractivity contribution in [1.29, 1.82) is 0 Å². The maximum atomic E-state index is 13.0. The molecule has 3 amide bonds. The fraction of sp³-hybridized carbons (Fsp3) is 0.308. The lowest BCUT2D eigenvalue weighted by Gasteiger charge is -2.26. The van der Waals surface area contributed by atoms with Gasteiger partial charge < -0.3 is 14.4 Å². The third-order valence-corrected chi connectivity index (χ3v) is 7.26. The molecule has 2 aromatic carbocycles. The fourth-order valence-electron chi connectivity index (χ4n) is 3.89. The smallest absolute Gasteiger partial charge is 0.285 e. The molecule has 0 aliphatic carbocycles. The lowest BCUT2D eigenvalue weighted by Crippen LogP contribution is -2.44. The van der Waals surface area contributed by atoms with Crippen molar-refractivity contribution in [3.8, 4) is 11.5 Å². The molecule has 0 bridgehead atoms. The van der Waals surface area contributed by atoms with E-state index in [1.54, 1.807) is 42.5 Å². The van der Waals surface area contributed by atoms with Gasteiger partial charge in [-0.2, -0.15) is 5.01 Å². The summed E-state index contributed by atoms with van der Waals surface area (Å²) in [6.45, 7) is 3.71. The minimum absolute atomic E-state index is 0.0466. The molecule has 0 atom stereocenters. The largest absolute Gasteiger partial charge is 0.490 e. The van der Waals surface area contributed by atoms with E-state index in [-0.39, 0.29) is 16.8 Å². The first kappa shape index (κ1) is 27.0. The second-order valence-corrected chi connectivity index (χ2v) is 10.4. The number of benzene rings is 2. The Morgan fingerprint density at radius 2 is 1.89 bits per heavy atom. The summed E-state index contributed by atoms with van der Waals surface area (Å²) in [6, 6.07) is 11.6. The molecular weight excluding hydrogens is 534 g/mol. The van der Waals surface area contributed by atoms with E-state index in [1.165, 1.54) is 6.07 Å². The standard InChI is InChI=1S/C26H26ClN3O5S2/c1-2-34-21-13-17(9-10-20(21)35-16-23(31)29-11-4-3-5-12-29)14-22-25(33)30(26(36)37-22)28-24(32)18-7-6-8-19(27)15-18/h6-10,13-15H,2-5,11-12,16H2,1H3,(H,28,32)/b22-14+. The van der Waals surface area contributed by atoms with Crippen LogP contribution in [0, 0.1) is 0 Å². The van der Waals surface area contributed by atoms with Gasteiger partial charge in [0.2, 0.25) is 0 Å². The molecule has 11 heteroatoms. The third kappa shape index (κ3) is 6.82. The molecule has 2 aliphatic rings. The van der Waals surface area contributed by atoms with Crippen LogP contribution in [-0.2, 0) is 9.59 Å². The maximum absolute atomic E-state index is 13.0. The lowest BCUT2D eigenvalue weighted by atomic mass is 10.1. The molecule has 0 unspecified atom stereocenters. The van der Waals surface area contributed by atoms with Gasteiger partial charge in [-0.05, 0) is 80.4 Å². The van der Waals surface area contributed by atoms with Crippen LogP contribution in [0.25, 0.3) is 6.08 Å². The Morgan fingerprint density at radius 3 is 2.62 bits per heavy atom. The molecule has 8 nitrogen and oxygen atoms in total. The highest BCUT2D eigenvalue weighted by Gasteiger charge is 2.34. The molecule has 0 radical (unpaired) electrons. The zero-order valence-electron chi connectivity index (χ0n) is 20.2. The van der Waals surface area contributed by atoms with Gasteiger partial charge in [-0.25, -0.2) is 0 Å². The minimum atomic E-state index is -0.501. The second kappa shape index (κ2) is 12.4. The van der Waals surface area contributed by atoms with Crippen molar-refractivity contribution in [3.63, 3.8) is 0 Å². The molecule has 0 spiro atoms. The Labute approximate surface area is 229 Å². The van der Waals surface area contributed by atoms with Gasteiger partial charge in [-0.3, -0.25) is 19.8 Å². The van der Waals surface area contributed by atoms with Crippen LogP contribution in [0.4, 0.5) is 0 Å². The Hall–Kier alpha value is -3.08. The number of hydrogen-bond acceptors (Lipinski definition) is 7. The monoisotopic (exact) mass is 559 g/mol. The van der Waals surface area contributed by atoms with Crippen LogP contribution in [0.3, 0.4) is 0 Å². The number of thiocarbonyl (C=S) groups is 1. The van der Waals surface area contributed by atoms with E-state index in [2.05, 4.69) is 5.43 Å². The predicted molar refractivity (Wildman–Crippen MR) is 147 cm³/mol. The molecule has 0 aromatic heterocycles. The first-order valence-corrected chi connectivity index (χ1v) is 13.5. The number of rotatable bonds is 8. The molecule has 2 fully saturated rings. The normalized spacial score (nSPS) is 16.8. The van der Waals surface area contributed by atoms with Crippen molar-refractivity contribution >= 4 is 63.7 Å². The van der Waals surface area contributed by atoms with E-state index in [0.29, 0.717) is 39.2 Å². The summed E-state index contributed by atoms with van der Waals surface area (Å²) in [6.07, 6.45) is 4.84. The third-order valence-electron chi connectivity index (χ3n) is 5.72. The highest BCUT2D eigenvalue weighted by molar-refractivity contribution is 8.26. The summed E-state index contributed by atoms with van der Waals surface area (Å²) >= 11 is 12.3. The zero-order valence-corrected chi connectivity index (χ0v) is 22.6. The number of hydrogen-bond donors (Lipinski definition) is 1. The Morgan fingerprint density at radius 1 is 1.11 bits per heavy atom. The fourth-order valence-corrected chi connectivity index (χ4v) is 5.26. The summed E-state index contributed by atoms with van der Waals surface area (Å²) in [5.74, 6) is -0.0806. The molecule has 2 heterocycles. The zero-order chi connectivity index (χ0) is 26.4. The van der Waals surface area contributed by atoms with E-state index in [4.69, 9.17) is 33.3 Å². The molecular formula is C26H26ClN3O5S2. The molecule has 0 saturated carbocycles. The summed E-state index contributed by atoms with van der Waals surface area (Å²) in [5.41, 5.74) is 3.52. The molecule has 4 rings (SSSR count). The summed E-state index contributed by atoms with van der Waals surface area (Å²) < 4.78 is 11.7. The number of amides is 3. The van der Waals surface area contributed by atoms with Gasteiger partial charge in [0.15, 0.2) is 22.4 Å². The SMILES string of the molecule is CCOc1cc(/C=C2/SC(=S)N(NC(=O)c3cccc(Cl)c3)C2=O)ccc1OCC(=O)N1CCCCC1. The molecule has 2 aliphatic heterocycles. The van der Waals surface area contributed by atoms with Crippen LogP contribution >= 0.6 is 35.6 Å². The quantitative estimate of drug-likeness (QED) is 0.371. The Bertz CT molecular complexity index is 1250. The molecule has 2 saturated heterocycles. The number of thioether (sulfide) groups is 1. The number of carbonyl (C=O) groups is 3. The van der Waals surface area contributed by atoms with Crippen LogP contribution in [0.5, 0.6) is 11.5 Å². The summed E-state index contributed by atoms with van der Waals surface area (Å²) in [7, 11) is 0. The molecule has 2 aromatic rings. The van der Waals surface area contributed by atoms with Crippen LogP contribution in [-0.4, -0.2) is 58.3 Å². The average molecular weight is 560 g/mol. The number of piperidine rings is 1. The van der Waals surface area contributed by atoms with E-state index >= 15 is 0 Å². The van der Waals surface area contributed by atoms with Crippen LogP contribution in [0.1, 0.15) is 42.1 Å². The molecule has 37 heavy (non-hydrogen) atoms. The van der Waals surface area contributed by atoms with Crippen molar-refractivity contribution in [3.05, 3.63) is 63.5 Å². The van der Waals surface area contributed by atoms with Crippen LogP contribution in [0.2, 0.25) is 5.02 Å². The van der Waals surface area contributed by atoms with E-state index in [9.17, 15) is 14.4 Å². The van der Waals surface area contributed by atoms with Gasteiger partial charge in [-0.15, -0.1) is 0 Å². The number of ether oxygens (including phenoxy) is 2. The van der Waals surface area contributed by atoms with E-state index in [0.717, 1.165) is 49.1 Å². The van der Waals surface area contributed by atoms with Crippen molar-refractivity contribution in [1.82, 2.24) is 15.3 Å². The van der Waals surface area contributed by atoms with Crippen molar-refractivity contribution in [2.75, 3.05) is 26.3 Å². The number of nitrogens with zero attached hydrogens (tertiary/aromatic N) is 2. The summed E-state index contributed by atoms with van der Waals surface area (Å²) in [5, 5.41) is 1.45. The van der Waals surface area contributed by atoms with Gasteiger partial charge in [-0.1, -0.05) is 35.5 Å². The van der Waals surface area contributed by atoms with Gasteiger partial charge in [0.1, 0.15) is 0 Å². The van der Waals surface area contributed by atoms with E-state index in [1.807, 2.05) is 11.8 Å². The number of nitrogens with one attached hydrogen (secondary N) is 1. The minimum Gasteiger partial charge on any atom is -0.490 e. The molecule has 1 N–H and O–H groups in total. The topological polar surface area (TPSA) is 88.2 Å². The summed E-state index contributed by atoms with van der Waals surface area (Å²) in [4.78, 5) is 40.2. The van der Waals surface area contributed by atoms with Crippen molar-refractivity contribution in [2.24, 2.45) is 0 Å². The lowest BCUT2D eigenvalue weighted by molar-refractivity contribution is -0.134. The van der Waals surface area contributed by atoms with Crippen molar-refractivity contribution < 1.29 is 23.9 Å². The first-order valence-electron chi connectivity index (χ1n) is 11.9. The number of halogens is 1. The average Bonchev–Trinajstić information content (AvgIpc) is 3.16. The highest BCUT2D eigenvalue weighted by atomic mass is 35.5. The van der Waals surface area contributed by atoms with Gasteiger partial charge in [0.05, 0.1) is 11.5 Å². The van der Waals surface area contributed by atoms with Crippen molar-refractivity contribution in [2.45, 2.75) is 26.2 Å². The number of carbonyl (C=O) groups excluding carboxylic acids is 3. The van der Waals surface area contributed by atoms with Gasteiger partial charge in [0.25, 0.3) is 17.7 Å². The highest BCUT2D eigenvalue weighted by Crippen LogP contribution is 2.34. The maximum Gasteiger partial charge on any atom is 0.285 e. The Kier molecular flexibility index (Phi) is 9.07.